The minimum Gasteiger partial charge on any atom is -0.206 e. The maximum atomic E-state index is 14.0. The van der Waals surface area contributed by atoms with Gasteiger partial charge >= 0.3 is 6.18 Å². The van der Waals surface area contributed by atoms with E-state index in [1.807, 2.05) is 12.1 Å². The highest BCUT2D eigenvalue weighted by molar-refractivity contribution is 5.67. The molecule has 0 N–H and O–H groups in total. The van der Waals surface area contributed by atoms with Gasteiger partial charge in [0.25, 0.3) is 0 Å². The standard InChI is InChI=1S/C19H17F5/c1-2-3-4-13-5-7-14(8-6-13)15-11-17(20)16(18(21)12-15)9-10-19(22,23)24/h5-12H,2-4H2,1H3/b10-9+. The monoisotopic (exact) mass is 340 g/mol. The van der Waals surface area contributed by atoms with E-state index in [1.54, 1.807) is 12.1 Å². The number of rotatable bonds is 5. The second-order valence-corrected chi connectivity index (χ2v) is 5.53. The van der Waals surface area contributed by atoms with Crippen LogP contribution in [0.5, 0.6) is 0 Å². The van der Waals surface area contributed by atoms with Crippen molar-refractivity contribution in [1.29, 1.82) is 0 Å². The predicted octanol–water partition coefficient (Wildman–Crippen LogP) is 6.55. The van der Waals surface area contributed by atoms with Crippen LogP contribution in [0.15, 0.2) is 42.5 Å². The molecule has 5 heteroatoms. The minimum atomic E-state index is -4.62. The topological polar surface area (TPSA) is 0 Å². The molecule has 0 radical (unpaired) electrons. The molecule has 0 atom stereocenters. The van der Waals surface area contributed by atoms with Gasteiger partial charge in [-0.3, -0.25) is 0 Å². The Morgan fingerprint density at radius 1 is 0.917 bits per heavy atom. The van der Waals surface area contributed by atoms with Crippen LogP contribution >= 0.6 is 0 Å². The molecule has 24 heavy (non-hydrogen) atoms. The summed E-state index contributed by atoms with van der Waals surface area (Å²) in [6, 6.07) is 9.37. The Morgan fingerprint density at radius 2 is 1.50 bits per heavy atom. The maximum absolute atomic E-state index is 14.0. The SMILES string of the molecule is CCCCc1ccc(-c2cc(F)c(/C=C/C(F)(F)F)c(F)c2)cc1. The number of hydrogen-bond donors (Lipinski definition) is 0. The highest BCUT2D eigenvalue weighted by Crippen LogP contribution is 2.27. The molecule has 0 heterocycles. The zero-order chi connectivity index (χ0) is 17.7. The number of halogens is 5. The van der Waals surface area contributed by atoms with Crippen molar-refractivity contribution in [3.63, 3.8) is 0 Å². The normalized spacial score (nSPS) is 12.1. The van der Waals surface area contributed by atoms with Gasteiger partial charge in [0.2, 0.25) is 0 Å². The molecule has 0 unspecified atom stereocenters. The number of unbranched alkanes of at least 4 members (excludes halogenated alkanes) is 1. The van der Waals surface area contributed by atoms with Crippen LogP contribution in [0.2, 0.25) is 0 Å². The van der Waals surface area contributed by atoms with Crippen LogP contribution in [0.1, 0.15) is 30.9 Å². The van der Waals surface area contributed by atoms with E-state index in [4.69, 9.17) is 0 Å². The number of benzene rings is 2. The van der Waals surface area contributed by atoms with Crippen molar-refractivity contribution in [3.05, 3.63) is 65.2 Å². The van der Waals surface area contributed by atoms with Gasteiger partial charge in [0.1, 0.15) is 11.6 Å². The van der Waals surface area contributed by atoms with Crippen molar-refractivity contribution in [1.82, 2.24) is 0 Å². The number of aryl methyl sites for hydroxylation is 1. The third kappa shape index (κ3) is 4.91. The summed E-state index contributed by atoms with van der Waals surface area (Å²) in [5.41, 5.74) is 1.33. The van der Waals surface area contributed by atoms with Gasteiger partial charge in [0.15, 0.2) is 0 Å². The van der Waals surface area contributed by atoms with Gasteiger partial charge in [0.05, 0.1) is 0 Å². The Bertz CT molecular complexity index is 689. The third-order valence-electron chi connectivity index (χ3n) is 3.62. The van der Waals surface area contributed by atoms with E-state index in [0.29, 0.717) is 11.6 Å². The lowest BCUT2D eigenvalue weighted by Crippen LogP contribution is -2.01. The summed E-state index contributed by atoms with van der Waals surface area (Å²) in [6.45, 7) is 2.09. The fourth-order valence-electron chi connectivity index (χ4n) is 2.33. The highest BCUT2D eigenvalue weighted by Gasteiger charge is 2.22. The molecule has 0 nitrogen and oxygen atoms in total. The lowest BCUT2D eigenvalue weighted by molar-refractivity contribution is -0.0790. The second-order valence-electron chi connectivity index (χ2n) is 5.53. The zero-order valence-electron chi connectivity index (χ0n) is 13.1. The van der Waals surface area contributed by atoms with Crippen molar-refractivity contribution in [3.8, 4) is 11.1 Å². The first-order valence-electron chi connectivity index (χ1n) is 7.64. The first-order chi connectivity index (χ1) is 11.3. The van der Waals surface area contributed by atoms with E-state index >= 15 is 0 Å². The summed E-state index contributed by atoms with van der Waals surface area (Å²) >= 11 is 0. The molecule has 0 saturated heterocycles. The van der Waals surface area contributed by atoms with Crippen molar-refractivity contribution in [2.45, 2.75) is 32.4 Å². The molecule has 2 aromatic rings. The van der Waals surface area contributed by atoms with Crippen molar-refractivity contribution in [2.24, 2.45) is 0 Å². The minimum absolute atomic E-state index is 0.184. The average Bonchev–Trinajstić information content (AvgIpc) is 2.51. The van der Waals surface area contributed by atoms with Crippen LogP contribution in [-0.2, 0) is 6.42 Å². The largest absolute Gasteiger partial charge is 0.409 e. The molecule has 0 aliphatic carbocycles. The van der Waals surface area contributed by atoms with E-state index in [0.717, 1.165) is 37.0 Å². The third-order valence-corrected chi connectivity index (χ3v) is 3.62. The van der Waals surface area contributed by atoms with Gasteiger partial charge in [-0.05, 0) is 47.7 Å². The zero-order valence-corrected chi connectivity index (χ0v) is 13.1. The molecule has 0 aliphatic rings. The molecular weight excluding hydrogens is 323 g/mol. The Morgan fingerprint density at radius 3 is 2.00 bits per heavy atom. The van der Waals surface area contributed by atoms with Gasteiger partial charge < -0.3 is 0 Å². The smallest absolute Gasteiger partial charge is 0.206 e. The Labute approximate surface area is 137 Å². The number of allylic oxidation sites excluding steroid dienone is 1. The molecule has 128 valence electrons. The summed E-state index contributed by atoms with van der Waals surface area (Å²) in [6.07, 6.45) is -1.33. The van der Waals surface area contributed by atoms with E-state index in [-0.39, 0.29) is 11.6 Å². The molecule has 0 bridgehead atoms. The average molecular weight is 340 g/mol. The first-order valence-corrected chi connectivity index (χ1v) is 7.64. The van der Waals surface area contributed by atoms with Crippen LogP contribution in [0.4, 0.5) is 22.0 Å². The van der Waals surface area contributed by atoms with Crippen molar-refractivity contribution < 1.29 is 22.0 Å². The number of hydrogen-bond acceptors (Lipinski definition) is 0. The molecule has 2 rings (SSSR count). The van der Waals surface area contributed by atoms with Crippen molar-refractivity contribution >= 4 is 6.08 Å². The van der Waals surface area contributed by atoms with E-state index in [9.17, 15) is 22.0 Å². The lowest BCUT2D eigenvalue weighted by atomic mass is 10.00. The fourth-order valence-corrected chi connectivity index (χ4v) is 2.33. The number of alkyl halides is 3. The Hall–Kier alpha value is -2.17. The predicted molar refractivity (Wildman–Crippen MR) is 85.5 cm³/mol. The Kier molecular flexibility index (Phi) is 5.75. The molecule has 0 spiro atoms. The van der Waals surface area contributed by atoms with Crippen LogP contribution in [-0.4, -0.2) is 6.18 Å². The van der Waals surface area contributed by atoms with Gasteiger partial charge in [-0.25, -0.2) is 8.78 Å². The molecule has 2 aromatic carbocycles. The van der Waals surface area contributed by atoms with Crippen LogP contribution < -0.4 is 0 Å². The maximum Gasteiger partial charge on any atom is 0.409 e. The van der Waals surface area contributed by atoms with Crippen LogP contribution in [0, 0.1) is 11.6 Å². The van der Waals surface area contributed by atoms with E-state index in [2.05, 4.69) is 6.92 Å². The van der Waals surface area contributed by atoms with Gasteiger partial charge in [-0.2, -0.15) is 13.2 Å². The second kappa shape index (κ2) is 7.60. The molecule has 0 aliphatic heterocycles. The van der Waals surface area contributed by atoms with Gasteiger partial charge in [-0.15, -0.1) is 0 Å². The van der Waals surface area contributed by atoms with Gasteiger partial charge in [-0.1, -0.05) is 37.6 Å². The summed E-state index contributed by atoms with van der Waals surface area (Å²) in [4.78, 5) is 0. The van der Waals surface area contributed by atoms with Crippen LogP contribution in [0.3, 0.4) is 0 Å². The molecule has 0 aromatic heterocycles. The molecule has 0 fully saturated rings. The van der Waals surface area contributed by atoms with E-state index < -0.39 is 23.4 Å². The molecular formula is C19H17F5. The van der Waals surface area contributed by atoms with Crippen molar-refractivity contribution in [2.75, 3.05) is 0 Å². The summed E-state index contributed by atoms with van der Waals surface area (Å²) in [7, 11) is 0. The lowest BCUT2D eigenvalue weighted by Gasteiger charge is -2.07. The highest BCUT2D eigenvalue weighted by atomic mass is 19.4. The quantitative estimate of drug-likeness (QED) is 0.541. The molecule has 0 amide bonds. The van der Waals surface area contributed by atoms with Crippen LogP contribution in [0.25, 0.3) is 17.2 Å². The van der Waals surface area contributed by atoms with Gasteiger partial charge in [0, 0.05) is 11.6 Å². The summed E-state index contributed by atoms with van der Waals surface area (Å²) in [5.74, 6) is -2.05. The Balaban J connectivity index is 2.28. The molecule has 0 saturated carbocycles. The van der Waals surface area contributed by atoms with E-state index in [1.165, 1.54) is 0 Å². The first kappa shape index (κ1) is 18.2. The summed E-state index contributed by atoms with van der Waals surface area (Å²) < 4.78 is 64.3. The summed E-state index contributed by atoms with van der Waals surface area (Å²) in [5, 5.41) is 0. The fraction of sp³-hybridized carbons (Fsp3) is 0.263.